The Morgan fingerprint density at radius 3 is 3.10 bits per heavy atom. The number of amidine groups is 1. The van der Waals surface area contributed by atoms with Crippen LogP contribution in [0.4, 0.5) is 0 Å². The molecule has 1 aromatic carbocycles. The predicted molar refractivity (Wildman–Crippen MR) is 78.9 cm³/mol. The molecule has 0 radical (unpaired) electrons. The fourth-order valence-electron chi connectivity index (χ4n) is 2.43. The number of carboxylic acid groups (broad SMARTS) is 1. The van der Waals surface area contributed by atoms with Crippen LogP contribution >= 0.6 is 0 Å². The molecule has 0 aliphatic carbocycles. The number of hydrogen-bond acceptors (Lipinski definition) is 4. The number of benzene rings is 1. The van der Waals surface area contributed by atoms with E-state index in [4.69, 9.17) is 10.4 Å². The van der Waals surface area contributed by atoms with Gasteiger partial charge in [-0.25, -0.2) is 0 Å². The Morgan fingerprint density at radius 2 is 2.43 bits per heavy atom. The van der Waals surface area contributed by atoms with E-state index >= 15 is 0 Å². The van der Waals surface area contributed by atoms with Crippen molar-refractivity contribution in [3.63, 3.8) is 0 Å². The SMILES string of the molecule is Cc1cccc(CC(=NC#N)N2CCNC(C(=O)O)C2)c1. The smallest absolute Gasteiger partial charge is 0.322 e. The first-order valence-corrected chi connectivity index (χ1v) is 6.82. The highest BCUT2D eigenvalue weighted by atomic mass is 16.4. The maximum atomic E-state index is 11.1. The van der Waals surface area contributed by atoms with Gasteiger partial charge in [0.05, 0.1) is 0 Å². The molecular formula is C15H18N4O2. The molecule has 2 rings (SSSR count). The molecule has 0 spiro atoms. The van der Waals surface area contributed by atoms with Crippen LogP contribution in [0.2, 0.25) is 0 Å². The van der Waals surface area contributed by atoms with E-state index in [9.17, 15) is 4.79 Å². The molecule has 1 fully saturated rings. The maximum absolute atomic E-state index is 11.1. The van der Waals surface area contributed by atoms with Gasteiger partial charge in [0.1, 0.15) is 11.9 Å². The summed E-state index contributed by atoms with van der Waals surface area (Å²) in [5, 5.41) is 20.9. The van der Waals surface area contributed by atoms with E-state index in [1.54, 1.807) is 0 Å². The van der Waals surface area contributed by atoms with Crippen molar-refractivity contribution in [2.24, 2.45) is 4.99 Å². The first kappa shape index (κ1) is 15.0. The number of carboxylic acids is 1. The number of aliphatic carboxylic acids is 1. The average Bonchev–Trinajstić information content (AvgIpc) is 2.47. The molecule has 1 aliphatic heterocycles. The number of rotatable bonds is 3. The Balaban J connectivity index is 2.14. The van der Waals surface area contributed by atoms with E-state index in [0.717, 1.165) is 11.1 Å². The standard InChI is InChI=1S/C15H18N4O2/c1-11-3-2-4-12(7-11)8-14(18-10-16)19-6-5-17-13(9-19)15(20)21/h2-4,7,13,17H,5-6,8-9H2,1H3,(H,20,21). The van der Waals surface area contributed by atoms with Gasteiger partial charge in [0, 0.05) is 26.1 Å². The summed E-state index contributed by atoms with van der Waals surface area (Å²) < 4.78 is 0. The molecule has 0 aromatic heterocycles. The Bertz CT molecular complexity index is 592. The number of aliphatic imine (C=N–C) groups is 1. The van der Waals surface area contributed by atoms with Crippen LogP contribution in [-0.2, 0) is 11.2 Å². The molecule has 1 saturated heterocycles. The van der Waals surface area contributed by atoms with Crippen molar-refractivity contribution < 1.29 is 9.90 Å². The van der Waals surface area contributed by atoms with Crippen molar-refractivity contribution in [2.45, 2.75) is 19.4 Å². The summed E-state index contributed by atoms with van der Waals surface area (Å²) in [6.45, 7) is 3.54. The number of carbonyl (C=O) groups is 1. The van der Waals surface area contributed by atoms with Crippen LogP contribution in [0.3, 0.4) is 0 Å². The van der Waals surface area contributed by atoms with E-state index in [1.807, 2.05) is 42.3 Å². The van der Waals surface area contributed by atoms with Crippen molar-refractivity contribution in [2.75, 3.05) is 19.6 Å². The lowest BCUT2D eigenvalue weighted by atomic mass is 10.1. The van der Waals surface area contributed by atoms with Crippen molar-refractivity contribution in [3.8, 4) is 6.19 Å². The van der Waals surface area contributed by atoms with Crippen LogP contribution in [0.15, 0.2) is 29.3 Å². The van der Waals surface area contributed by atoms with E-state index in [0.29, 0.717) is 31.9 Å². The van der Waals surface area contributed by atoms with Gasteiger partial charge in [0.25, 0.3) is 0 Å². The third-order valence-electron chi connectivity index (χ3n) is 3.46. The summed E-state index contributed by atoms with van der Waals surface area (Å²) in [5.41, 5.74) is 2.21. The van der Waals surface area contributed by atoms with Crippen molar-refractivity contribution >= 4 is 11.8 Å². The fraction of sp³-hybridized carbons (Fsp3) is 0.400. The van der Waals surface area contributed by atoms with E-state index in [-0.39, 0.29) is 0 Å². The molecule has 0 saturated carbocycles. The third kappa shape index (κ3) is 4.04. The molecule has 0 bridgehead atoms. The van der Waals surface area contributed by atoms with Gasteiger partial charge in [-0.3, -0.25) is 4.79 Å². The predicted octanol–water partition coefficient (Wildman–Crippen LogP) is 0.775. The first-order valence-electron chi connectivity index (χ1n) is 6.82. The number of nitrogens with zero attached hydrogens (tertiary/aromatic N) is 3. The summed E-state index contributed by atoms with van der Waals surface area (Å²) in [7, 11) is 0. The number of aryl methyl sites for hydroxylation is 1. The van der Waals surface area contributed by atoms with Crippen LogP contribution in [0.5, 0.6) is 0 Å². The van der Waals surface area contributed by atoms with Crippen molar-refractivity contribution in [1.29, 1.82) is 5.26 Å². The zero-order valence-corrected chi connectivity index (χ0v) is 11.9. The zero-order valence-electron chi connectivity index (χ0n) is 11.9. The van der Waals surface area contributed by atoms with Crippen LogP contribution in [0, 0.1) is 18.4 Å². The molecule has 21 heavy (non-hydrogen) atoms. The second-order valence-electron chi connectivity index (χ2n) is 5.08. The Kier molecular flexibility index (Phi) is 4.90. The normalized spacial score (nSPS) is 19.1. The van der Waals surface area contributed by atoms with Crippen molar-refractivity contribution in [3.05, 3.63) is 35.4 Å². The molecule has 1 unspecified atom stereocenters. The molecule has 1 atom stereocenters. The van der Waals surface area contributed by atoms with Gasteiger partial charge in [-0.2, -0.15) is 10.3 Å². The minimum Gasteiger partial charge on any atom is -0.480 e. The highest BCUT2D eigenvalue weighted by molar-refractivity contribution is 5.86. The molecular weight excluding hydrogens is 268 g/mol. The molecule has 1 aliphatic rings. The van der Waals surface area contributed by atoms with E-state index in [2.05, 4.69) is 10.3 Å². The number of hydrogen-bond donors (Lipinski definition) is 2. The number of piperazine rings is 1. The molecule has 1 aromatic rings. The van der Waals surface area contributed by atoms with Crippen LogP contribution < -0.4 is 5.32 Å². The second kappa shape index (κ2) is 6.86. The zero-order chi connectivity index (χ0) is 15.2. The Labute approximate surface area is 123 Å². The summed E-state index contributed by atoms with van der Waals surface area (Å²) in [5.74, 6) is -0.262. The quantitative estimate of drug-likeness (QED) is 0.487. The maximum Gasteiger partial charge on any atom is 0.322 e. The third-order valence-corrected chi connectivity index (χ3v) is 3.46. The van der Waals surface area contributed by atoms with Gasteiger partial charge in [-0.1, -0.05) is 29.8 Å². The topological polar surface area (TPSA) is 88.7 Å². The largest absolute Gasteiger partial charge is 0.480 e. The molecule has 110 valence electrons. The fourth-order valence-corrected chi connectivity index (χ4v) is 2.43. The summed E-state index contributed by atoms with van der Waals surface area (Å²) in [4.78, 5) is 16.9. The van der Waals surface area contributed by atoms with Crippen molar-refractivity contribution in [1.82, 2.24) is 10.2 Å². The summed E-state index contributed by atoms with van der Waals surface area (Å²) >= 11 is 0. The molecule has 1 heterocycles. The number of nitriles is 1. The number of nitrogens with one attached hydrogen (secondary N) is 1. The Hall–Kier alpha value is -2.39. The molecule has 6 nitrogen and oxygen atoms in total. The van der Waals surface area contributed by atoms with Crippen LogP contribution in [0.1, 0.15) is 11.1 Å². The van der Waals surface area contributed by atoms with E-state index < -0.39 is 12.0 Å². The summed E-state index contributed by atoms with van der Waals surface area (Å²) in [6, 6.07) is 7.38. The molecule has 2 N–H and O–H groups in total. The van der Waals surface area contributed by atoms with Crippen LogP contribution in [0.25, 0.3) is 0 Å². The molecule has 6 heteroatoms. The second-order valence-corrected chi connectivity index (χ2v) is 5.08. The van der Waals surface area contributed by atoms with Crippen LogP contribution in [-0.4, -0.2) is 47.5 Å². The minimum absolute atomic E-state index is 0.321. The van der Waals surface area contributed by atoms with Gasteiger partial charge >= 0.3 is 5.97 Å². The Morgan fingerprint density at radius 1 is 1.62 bits per heavy atom. The minimum atomic E-state index is -0.883. The monoisotopic (exact) mass is 286 g/mol. The van der Waals surface area contributed by atoms with E-state index in [1.165, 1.54) is 0 Å². The highest BCUT2D eigenvalue weighted by Crippen LogP contribution is 2.10. The highest BCUT2D eigenvalue weighted by Gasteiger charge is 2.26. The lowest BCUT2D eigenvalue weighted by Gasteiger charge is -2.33. The van der Waals surface area contributed by atoms with Gasteiger partial charge in [-0.15, -0.1) is 0 Å². The lowest BCUT2D eigenvalue weighted by Crippen LogP contribution is -2.56. The molecule has 0 amide bonds. The van der Waals surface area contributed by atoms with Gasteiger partial charge in [0.15, 0.2) is 0 Å². The van der Waals surface area contributed by atoms with Gasteiger partial charge in [0.2, 0.25) is 6.19 Å². The van der Waals surface area contributed by atoms with Gasteiger partial charge in [-0.05, 0) is 12.5 Å². The average molecular weight is 286 g/mol. The summed E-state index contributed by atoms with van der Waals surface area (Å²) in [6.07, 6.45) is 2.35. The first-order chi connectivity index (χ1) is 10.1. The lowest BCUT2D eigenvalue weighted by molar-refractivity contribution is -0.140. The van der Waals surface area contributed by atoms with Gasteiger partial charge < -0.3 is 15.3 Å².